The number of fused-ring (bicyclic) bond motifs is 1. The molecule has 8 nitrogen and oxygen atoms in total. The van der Waals surface area contributed by atoms with Crippen molar-refractivity contribution in [2.75, 3.05) is 37.9 Å². The van der Waals surface area contributed by atoms with Crippen molar-refractivity contribution in [3.05, 3.63) is 57.9 Å². The highest BCUT2D eigenvalue weighted by atomic mass is 35.5. The molecule has 0 spiro atoms. The van der Waals surface area contributed by atoms with Crippen LogP contribution in [-0.2, 0) is 22.3 Å². The number of hydrogen-bond acceptors (Lipinski definition) is 6. The van der Waals surface area contributed by atoms with Gasteiger partial charge in [-0.05, 0) is 68.9 Å². The average molecular weight is 626 g/mol. The molecule has 2 saturated heterocycles. The molecule has 3 aliphatic heterocycles. The minimum absolute atomic E-state index is 0.0246. The third kappa shape index (κ3) is 5.64. The average Bonchev–Trinajstić information content (AvgIpc) is 3.82. The number of halogens is 5. The van der Waals surface area contributed by atoms with E-state index in [0.717, 1.165) is 18.9 Å². The second-order valence-electron chi connectivity index (χ2n) is 11.9. The summed E-state index contributed by atoms with van der Waals surface area (Å²) in [5, 5.41) is 9.23. The van der Waals surface area contributed by atoms with E-state index in [1.54, 1.807) is 6.07 Å². The summed E-state index contributed by atoms with van der Waals surface area (Å²) in [5.74, 6) is -2.60. The van der Waals surface area contributed by atoms with Gasteiger partial charge in [-0.15, -0.1) is 0 Å². The van der Waals surface area contributed by atoms with Crippen LogP contribution in [0.2, 0.25) is 5.02 Å². The molecule has 0 radical (unpaired) electrons. The van der Waals surface area contributed by atoms with Gasteiger partial charge in [0, 0.05) is 48.0 Å². The topological polar surface area (TPSA) is 82.6 Å². The number of piperazine rings is 1. The Morgan fingerprint density at radius 2 is 1.88 bits per heavy atom. The van der Waals surface area contributed by atoms with Crippen molar-refractivity contribution in [3.63, 3.8) is 0 Å². The Morgan fingerprint density at radius 3 is 2.51 bits per heavy atom. The Kier molecular flexibility index (Phi) is 7.75. The summed E-state index contributed by atoms with van der Waals surface area (Å²) in [6.45, 7) is 3.99. The monoisotopic (exact) mass is 625 g/mol. The van der Waals surface area contributed by atoms with Gasteiger partial charge in [0.2, 0.25) is 0 Å². The van der Waals surface area contributed by atoms with E-state index in [1.165, 1.54) is 23.1 Å². The third-order valence-corrected chi connectivity index (χ3v) is 9.34. The zero-order valence-corrected chi connectivity index (χ0v) is 24.3. The Balaban J connectivity index is 1.12. The first-order valence-corrected chi connectivity index (χ1v) is 14.7. The normalized spacial score (nSPS) is 26.6. The Morgan fingerprint density at radius 1 is 1.12 bits per heavy atom. The van der Waals surface area contributed by atoms with Gasteiger partial charge in [-0.3, -0.25) is 9.69 Å². The molecule has 0 bridgehead atoms. The largest absolute Gasteiger partial charge is 0.478 e. The van der Waals surface area contributed by atoms with Crippen LogP contribution >= 0.6 is 11.6 Å². The van der Waals surface area contributed by atoms with Crippen LogP contribution in [0.5, 0.6) is 5.75 Å². The first-order valence-electron chi connectivity index (χ1n) is 14.4. The van der Waals surface area contributed by atoms with E-state index in [4.69, 9.17) is 21.1 Å². The molecular formula is C30H32ClF4N3O5. The van der Waals surface area contributed by atoms with Gasteiger partial charge in [-0.2, -0.15) is 13.2 Å². The maximum Gasteiger partial charge on any atom is 0.420 e. The molecule has 4 aliphatic rings. The summed E-state index contributed by atoms with van der Waals surface area (Å²) in [6, 6.07) is 6.47. The summed E-state index contributed by atoms with van der Waals surface area (Å²) in [7, 11) is 0. The van der Waals surface area contributed by atoms with E-state index in [2.05, 4.69) is 9.80 Å². The smallest absolute Gasteiger partial charge is 0.420 e. The van der Waals surface area contributed by atoms with Crippen molar-refractivity contribution < 1.29 is 41.7 Å². The summed E-state index contributed by atoms with van der Waals surface area (Å²) in [4.78, 5) is 31.1. The maximum absolute atomic E-state index is 13.9. The quantitative estimate of drug-likeness (QED) is 0.445. The molecule has 3 fully saturated rings. The fourth-order valence-corrected chi connectivity index (χ4v) is 7.02. The molecule has 43 heavy (non-hydrogen) atoms. The number of anilines is 1. The second-order valence-corrected chi connectivity index (χ2v) is 12.3. The highest BCUT2D eigenvalue weighted by molar-refractivity contribution is 6.30. The summed E-state index contributed by atoms with van der Waals surface area (Å²) < 4.78 is 66.6. The van der Waals surface area contributed by atoms with Crippen LogP contribution in [0.4, 0.5) is 23.2 Å². The van der Waals surface area contributed by atoms with Crippen molar-refractivity contribution >= 4 is 29.2 Å². The molecule has 1 amide bonds. The molecular weight excluding hydrogens is 594 g/mol. The number of nitrogens with zero attached hydrogens (tertiary/aromatic N) is 3. The number of amides is 1. The number of aromatic carboxylic acids is 1. The first-order chi connectivity index (χ1) is 20.4. The standard InChI is InChI=1S/C30H32ClF4N3O5/c1-17-13-36(8-9-38(17)21-4-5-25(32)23(12-21)27(39)40)22-6-7-29(43-15-22,19-2-3-19)28(41)37-14-18-10-20(31)11-24(30(33,34)35)26(18)42-16-37/h4-5,10-12,17,19,22H,2-3,6-9,13-16H2,1H3,(H,39,40)/t17?,22-,29+/m1/s1. The van der Waals surface area contributed by atoms with Crippen LogP contribution in [0.3, 0.4) is 0 Å². The molecule has 0 aromatic heterocycles. The number of rotatable bonds is 5. The molecule has 1 saturated carbocycles. The molecule has 232 valence electrons. The number of ether oxygens (including phenoxy) is 2. The number of carbonyl (C=O) groups is 2. The number of benzene rings is 2. The van der Waals surface area contributed by atoms with Crippen LogP contribution in [0, 0.1) is 11.7 Å². The molecule has 3 heterocycles. The lowest BCUT2D eigenvalue weighted by Crippen LogP contribution is -2.61. The van der Waals surface area contributed by atoms with Crippen molar-refractivity contribution in [2.24, 2.45) is 5.92 Å². The maximum atomic E-state index is 13.9. The lowest BCUT2D eigenvalue weighted by molar-refractivity contribution is -0.180. The van der Waals surface area contributed by atoms with E-state index in [1.807, 2.05) is 6.92 Å². The van der Waals surface area contributed by atoms with Crippen molar-refractivity contribution in [2.45, 2.75) is 63.0 Å². The number of carboxylic acid groups (broad SMARTS) is 1. The summed E-state index contributed by atoms with van der Waals surface area (Å²) >= 11 is 5.99. The van der Waals surface area contributed by atoms with Gasteiger partial charge in [-0.25, -0.2) is 9.18 Å². The lowest BCUT2D eigenvalue weighted by atomic mass is 9.85. The minimum atomic E-state index is -4.64. The van der Waals surface area contributed by atoms with E-state index >= 15 is 0 Å². The van der Waals surface area contributed by atoms with Crippen LogP contribution < -0.4 is 9.64 Å². The lowest BCUT2D eigenvalue weighted by Gasteiger charge is -2.48. The zero-order chi connectivity index (χ0) is 30.7. The number of carboxylic acids is 1. The Hall–Kier alpha value is -3.09. The summed E-state index contributed by atoms with van der Waals surface area (Å²) in [5.41, 5.74) is -1.50. The predicted octanol–water partition coefficient (Wildman–Crippen LogP) is 5.41. The molecule has 2 aromatic carbocycles. The predicted molar refractivity (Wildman–Crippen MR) is 149 cm³/mol. The van der Waals surface area contributed by atoms with Gasteiger partial charge in [0.25, 0.3) is 5.91 Å². The van der Waals surface area contributed by atoms with Gasteiger partial charge in [0.1, 0.15) is 17.2 Å². The summed E-state index contributed by atoms with van der Waals surface area (Å²) in [6.07, 6.45) is -1.75. The molecule has 1 aliphatic carbocycles. The van der Waals surface area contributed by atoms with Crippen LogP contribution in [0.15, 0.2) is 30.3 Å². The van der Waals surface area contributed by atoms with Crippen LogP contribution in [-0.4, -0.2) is 77.4 Å². The van der Waals surface area contributed by atoms with Gasteiger partial charge >= 0.3 is 12.1 Å². The minimum Gasteiger partial charge on any atom is -0.478 e. The first kappa shape index (κ1) is 30.0. The van der Waals surface area contributed by atoms with Gasteiger partial charge < -0.3 is 24.4 Å². The van der Waals surface area contributed by atoms with Crippen molar-refractivity contribution in [1.29, 1.82) is 0 Å². The Labute approximate surface area is 251 Å². The van der Waals surface area contributed by atoms with Crippen LogP contribution in [0.25, 0.3) is 0 Å². The van der Waals surface area contributed by atoms with E-state index < -0.39 is 29.1 Å². The molecule has 2 aromatic rings. The molecule has 1 unspecified atom stereocenters. The number of alkyl halides is 3. The van der Waals surface area contributed by atoms with Crippen LogP contribution in [0.1, 0.15) is 54.1 Å². The van der Waals surface area contributed by atoms with Gasteiger partial charge in [0.15, 0.2) is 6.73 Å². The van der Waals surface area contributed by atoms with Gasteiger partial charge in [-0.1, -0.05) is 11.6 Å². The molecule has 6 rings (SSSR count). The van der Waals surface area contributed by atoms with Crippen molar-refractivity contribution in [1.82, 2.24) is 9.80 Å². The van der Waals surface area contributed by atoms with E-state index in [-0.39, 0.29) is 59.1 Å². The van der Waals surface area contributed by atoms with E-state index in [0.29, 0.717) is 44.8 Å². The molecule has 3 atom stereocenters. The highest BCUT2D eigenvalue weighted by Gasteiger charge is 2.56. The Bertz CT molecular complexity index is 1430. The number of carbonyl (C=O) groups excluding carboxylic acids is 1. The SMILES string of the molecule is CC1CN([C@@H]2CC[C@@](C(=O)N3COc4c(cc(Cl)cc4C(F)(F)F)C3)(C3CC3)OC2)CCN1c1ccc(F)c(C(=O)O)c1. The highest BCUT2D eigenvalue weighted by Crippen LogP contribution is 2.49. The third-order valence-electron chi connectivity index (χ3n) is 9.12. The fourth-order valence-electron chi connectivity index (χ4n) is 6.78. The molecule has 13 heteroatoms. The van der Waals surface area contributed by atoms with E-state index in [9.17, 15) is 32.3 Å². The fraction of sp³-hybridized carbons (Fsp3) is 0.533. The zero-order valence-electron chi connectivity index (χ0n) is 23.5. The number of hydrogen-bond donors (Lipinski definition) is 1. The van der Waals surface area contributed by atoms with Gasteiger partial charge in [0.05, 0.1) is 24.3 Å². The second kappa shape index (κ2) is 11.1. The van der Waals surface area contributed by atoms with Crippen molar-refractivity contribution in [3.8, 4) is 5.75 Å². The molecule has 1 N–H and O–H groups in total.